The van der Waals surface area contributed by atoms with E-state index >= 15 is 0 Å². The Morgan fingerprint density at radius 1 is 1.55 bits per heavy atom. The van der Waals surface area contributed by atoms with Crippen LogP contribution < -0.4 is 10.6 Å². The monoisotopic (exact) mass is 281 g/mol. The van der Waals surface area contributed by atoms with Crippen molar-refractivity contribution >= 4 is 17.4 Å². The lowest BCUT2D eigenvalue weighted by molar-refractivity contribution is -0.384. The van der Waals surface area contributed by atoms with Gasteiger partial charge in [-0.15, -0.1) is 0 Å². The first kappa shape index (κ1) is 14.3. The largest absolute Gasteiger partial charge is 0.365 e. The third-order valence-electron chi connectivity index (χ3n) is 3.19. The maximum Gasteiger partial charge on any atom is 0.333 e. The summed E-state index contributed by atoms with van der Waals surface area (Å²) in [6, 6.07) is 0.372. The summed E-state index contributed by atoms with van der Waals surface area (Å²) in [4.78, 5) is 22.0. The van der Waals surface area contributed by atoms with E-state index in [2.05, 4.69) is 15.7 Å². The highest BCUT2D eigenvalue weighted by Crippen LogP contribution is 2.27. The van der Waals surface area contributed by atoms with Crippen molar-refractivity contribution in [3.8, 4) is 0 Å². The van der Waals surface area contributed by atoms with Gasteiger partial charge in [-0.25, -0.2) is 4.68 Å². The summed E-state index contributed by atoms with van der Waals surface area (Å²) in [5.74, 6) is 0.431. The third-order valence-corrected chi connectivity index (χ3v) is 3.19. The average Bonchev–Trinajstić information content (AvgIpc) is 3.10. The molecular weight excluding hydrogens is 262 g/mol. The van der Waals surface area contributed by atoms with Crippen molar-refractivity contribution in [1.82, 2.24) is 15.1 Å². The van der Waals surface area contributed by atoms with Crippen molar-refractivity contribution in [2.24, 2.45) is 7.05 Å². The SMILES string of the molecule is Cc1nn(C)c(NCCCC(=O)NC2CC2)c1[N+](=O)[O-]. The summed E-state index contributed by atoms with van der Waals surface area (Å²) in [5.41, 5.74) is 0.376. The lowest BCUT2D eigenvalue weighted by Gasteiger charge is -2.06. The van der Waals surface area contributed by atoms with Crippen LogP contribution in [0, 0.1) is 17.0 Å². The topological polar surface area (TPSA) is 102 Å². The number of hydrogen-bond donors (Lipinski definition) is 2. The summed E-state index contributed by atoms with van der Waals surface area (Å²) in [6.45, 7) is 2.10. The van der Waals surface area contributed by atoms with Crippen LogP contribution in [0.2, 0.25) is 0 Å². The lowest BCUT2D eigenvalue weighted by Crippen LogP contribution is -2.25. The number of nitro groups is 1. The van der Waals surface area contributed by atoms with Crippen molar-refractivity contribution < 1.29 is 9.72 Å². The number of aryl methyl sites for hydroxylation is 2. The molecule has 1 saturated carbocycles. The van der Waals surface area contributed by atoms with Gasteiger partial charge in [0, 0.05) is 26.1 Å². The van der Waals surface area contributed by atoms with Gasteiger partial charge in [-0.3, -0.25) is 14.9 Å². The Hall–Kier alpha value is -2.12. The van der Waals surface area contributed by atoms with Gasteiger partial charge in [-0.05, 0) is 26.2 Å². The van der Waals surface area contributed by atoms with Crippen LogP contribution in [0.4, 0.5) is 11.5 Å². The number of anilines is 1. The second kappa shape index (κ2) is 5.89. The Kier molecular flexibility index (Phi) is 4.21. The molecule has 1 fully saturated rings. The minimum atomic E-state index is -0.440. The van der Waals surface area contributed by atoms with E-state index in [1.807, 2.05) is 0 Å². The molecule has 1 amide bonds. The van der Waals surface area contributed by atoms with Crippen LogP contribution >= 0.6 is 0 Å². The van der Waals surface area contributed by atoms with E-state index < -0.39 is 4.92 Å². The molecule has 0 aliphatic heterocycles. The van der Waals surface area contributed by atoms with Crippen molar-refractivity contribution in [3.05, 3.63) is 15.8 Å². The fourth-order valence-electron chi connectivity index (χ4n) is 2.05. The average molecular weight is 281 g/mol. The Bertz CT molecular complexity index is 521. The summed E-state index contributed by atoms with van der Waals surface area (Å²) in [5, 5.41) is 20.9. The Morgan fingerprint density at radius 2 is 2.25 bits per heavy atom. The number of carbonyl (C=O) groups is 1. The Balaban J connectivity index is 1.81. The van der Waals surface area contributed by atoms with Gasteiger partial charge in [0.25, 0.3) is 0 Å². The number of hydrogen-bond acceptors (Lipinski definition) is 5. The highest BCUT2D eigenvalue weighted by atomic mass is 16.6. The molecule has 0 saturated heterocycles. The van der Waals surface area contributed by atoms with Crippen LogP contribution in [-0.2, 0) is 11.8 Å². The van der Waals surface area contributed by atoms with Crippen molar-refractivity contribution in [3.63, 3.8) is 0 Å². The molecule has 110 valence electrons. The zero-order chi connectivity index (χ0) is 14.7. The van der Waals surface area contributed by atoms with Gasteiger partial charge in [-0.1, -0.05) is 0 Å². The normalized spacial score (nSPS) is 14.1. The molecule has 2 rings (SSSR count). The number of carbonyl (C=O) groups excluding carboxylic acids is 1. The molecule has 8 heteroatoms. The van der Waals surface area contributed by atoms with Gasteiger partial charge in [0.05, 0.1) is 4.92 Å². The van der Waals surface area contributed by atoms with Gasteiger partial charge < -0.3 is 10.6 Å². The molecule has 0 radical (unpaired) electrons. The van der Waals surface area contributed by atoms with Crippen molar-refractivity contribution in [1.29, 1.82) is 0 Å². The number of amides is 1. The van der Waals surface area contributed by atoms with E-state index in [9.17, 15) is 14.9 Å². The number of nitrogens with zero attached hydrogens (tertiary/aromatic N) is 3. The molecule has 2 N–H and O–H groups in total. The second-order valence-electron chi connectivity index (χ2n) is 5.04. The van der Waals surface area contributed by atoms with E-state index in [1.165, 1.54) is 4.68 Å². The molecule has 0 aromatic carbocycles. The van der Waals surface area contributed by atoms with Gasteiger partial charge >= 0.3 is 5.69 Å². The molecule has 0 unspecified atom stereocenters. The number of aromatic nitrogens is 2. The first-order valence-electron chi connectivity index (χ1n) is 6.70. The molecule has 8 nitrogen and oxygen atoms in total. The van der Waals surface area contributed by atoms with E-state index in [0.717, 1.165) is 12.8 Å². The molecule has 1 heterocycles. The molecule has 20 heavy (non-hydrogen) atoms. The van der Waals surface area contributed by atoms with Gasteiger partial charge in [-0.2, -0.15) is 5.10 Å². The first-order valence-corrected chi connectivity index (χ1v) is 6.70. The van der Waals surface area contributed by atoms with Crippen molar-refractivity contribution in [2.45, 2.75) is 38.6 Å². The fraction of sp³-hybridized carbons (Fsp3) is 0.667. The van der Waals surface area contributed by atoms with Crippen LogP contribution in [0.25, 0.3) is 0 Å². The number of nitrogens with one attached hydrogen (secondary N) is 2. The minimum absolute atomic E-state index is 0.00469. The van der Waals surface area contributed by atoms with E-state index in [4.69, 9.17) is 0 Å². The van der Waals surface area contributed by atoms with Gasteiger partial charge in [0.2, 0.25) is 11.7 Å². The molecule has 1 aliphatic carbocycles. The van der Waals surface area contributed by atoms with Crippen LogP contribution in [0.3, 0.4) is 0 Å². The van der Waals surface area contributed by atoms with E-state index in [1.54, 1.807) is 14.0 Å². The van der Waals surface area contributed by atoms with Crippen LogP contribution in [-0.4, -0.2) is 33.2 Å². The smallest absolute Gasteiger partial charge is 0.333 e. The molecular formula is C12H19N5O3. The van der Waals surface area contributed by atoms with Crippen LogP contribution in [0.15, 0.2) is 0 Å². The summed E-state index contributed by atoms with van der Waals surface area (Å²) < 4.78 is 1.46. The highest BCUT2D eigenvalue weighted by Gasteiger charge is 2.24. The van der Waals surface area contributed by atoms with Crippen LogP contribution in [0.1, 0.15) is 31.4 Å². The molecule has 0 bridgehead atoms. The Labute approximate surface area is 116 Å². The quantitative estimate of drug-likeness (QED) is 0.443. The maximum atomic E-state index is 11.5. The third kappa shape index (κ3) is 3.46. The predicted octanol–water partition coefficient (Wildman–Crippen LogP) is 1.11. The predicted molar refractivity (Wildman–Crippen MR) is 73.5 cm³/mol. The Morgan fingerprint density at radius 3 is 2.85 bits per heavy atom. The molecule has 1 aliphatic rings. The summed E-state index contributed by atoms with van der Waals surface area (Å²) in [6.07, 6.45) is 3.20. The molecule has 0 spiro atoms. The first-order chi connectivity index (χ1) is 9.49. The fourth-order valence-corrected chi connectivity index (χ4v) is 2.05. The van der Waals surface area contributed by atoms with Crippen molar-refractivity contribution in [2.75, 3.05) is 11.9 Å². The zero-order valence-corrected chi connectivity index (χ0v) is 11.7. The van der Waals surface area contributed by atoms with Crippen LogP contribution in [0.5, 0.6) is 0 Å². The van der Waals surface area contributed by atoms with Gasteiger partial charge in [0.1, 0.15) is 5.69 Å². The highest BCUT2D eigenvalue weighted by molar-refractivity contribution is 5.76. The van der Waals surface area contributed by atoms with E-state index in [-0.39, 0.29) is 11.6 Å². The van der Waals surface area contributed by atoms with Gasteiger partial charge in [0.15, 0.2) is 0 Å². The lowest BCUT2D eigenvalue weighted by atomic mass is 10.3. The molecule has 0 atom stereocenters. The minimum Gasteiger partial charge on any atom is -0.365 e. The standard InChI is InChI=1S/C12H19N5O3/c1-8-11(17(19)20)12(16(2)15-8)13-7-3-4-10(18)14-9-5-6-9/h9,13H,3-7H2,1-2H3,(H,14,18). The second-order valence-corrected chi connectivity index (χ2v) is 5.04. The summed E-state index contributed by atoms with van der Waals surface area (Å²) >= 11 is 0. The maximum absolute atomic E-state index is 11.5. The molecule has 1 aromatic rings. The summed E-state index contributed by atoms with van der Waals surface area (Å²) in [7, 11) is 1.65. The number of rotatable bonds is 7. The zero-order valence-electron chi connectivity index (χ0n) is 11.7. The van der Waals surface area contributed by atoms with E-state index in [0.29, 0.717) is 36.9 Å². The molecule has 1 aromatic heterocycles.